The summed E-state index contributed by atoms with van der Waals surface area (Å²) >= 11 is 0. The molecule has 1 aromatic carbocycles. The topological polar surface area (TPSA) is 82.9 Å². The minimum atomic E-state index is -1.05. The zero-order chi connectivity index (χ0) is 18.1. The highest BCUT2D eigenvalue weighted by Crippen LogP contribution is 2.21. The molecule has 0 aliphatic heterocycles. The molecule has 0 aliphatic rings. The number of amides is 1. The van der Waals surface area contributed by atoms with Crippen LogP contribution in [0.3, 0.4) is 0 Å². The maximum atomic E-state index is 12.9. The van der Waals surface area contributed by atoms with Gasteiger partial charge < -0.3 is 5.32 Å². The first-order chi connectivity index (χ1) is 11.5. The lowest BCUT2D eigenvalue weighted by Crippen LogP contribution is -2.13. The molecule has 24 heavy (non-hydrogen) atoms. The minimum absolute atomic E-state index is 0.231. The molecule has 0 saturated carbocycles. The van der Waals surface area contributed by atoms with E-state index in [4.69, 9.17) is 0 Å². The van der Waals surface area contributed by atoms with Crippen LogP contribution in [0, 0.1) is 17.1 Å². The molecule has 1 unspecified atom stereocenters. The third-order valence-electron chi connectivity index (χ3n) is 2.94. The van der Waals surface area contributed by atoms with Gasteiger partial charge in [-0.15, -0.1) is 0 Å². The lowest BCUT2D eigenvalue weighted by molar-refractivity contribution is -0.114. The fourth-order valence-electron chi connectivity index (χ4n) is 1.94. The molecular formula is C18H18FN3O2. The van der Waals surface area contributed by atoms with Crippen LogP contribution >= 0.6 is 0 Å². The maximum absolute atomic E-state index is 12.9. The fraction of sp³-hybridized carbons (Fsp3) is 0.222. The van der Waals surface area contributed by atoms with E-state index >= 15 is 0 Å². The Kier molecular flexibility index (Phi) is 7.24. The minimum Gasteiger partial charge on any atom is -0.311 e. The van der Waals surface area contributed by atoms with E-state index in [1.165, 1.54) is 49.5 Å². The molecule has 5 nitrogen and oxygen atoms in total. The summed E-state index contributed by atoms with van der Waals surface area (Å²) in [5.74, 6) is -2.01. The van der Waals surface area contributed by atoms with E-state index in [0.29, 0.717) is 5.56 Å². The van der Waals surface area contributed by atoms with Gasteiger partial charge in [0.15, 0.2) is 5.78 Å². The van der Waals surface area contributed by atoms with Gasteiger partial charge in [0.2, 0.25) is 5.91 Å². The molecule has 6 heteroatoms. The summed E-state index contributed by atoms with van der Waals surface area (Å²) < 4.78 is 12.9. The van der Waals surface area contributed by atoms with Crippen molar-refractivity contribution in [1.82, 2.24) is 4.98 Å². The number of halogens is 1. The average molecular weight is 327 g/mol. The van der Waals surface area contributed by atoms with Crippen molar-refractivity contribution in [3.63, 3.8) is 0 Å². The molecule has 1 atom stereocenters. The van der Waals surface area contributed by atoms with Gasteiger partial charge in [-0.2, -0.15) is 5.26 Å². The molecule has 124 valence electrons. The molecule has 0 radical (unpaired) electrons. The normalized spacial score (nSPS) is 10.6. The van der Waals surface area contributed by atoms with Crippen LogP contribution < -0.4 is 5.32 Å². The molecule has 2 aromatic rings. The van der Waals surface area contributed by atoms with E-state index in [9.17, 15) is 19.2 Å². The molecule has 1 heterocycles. The number of ketones is 1. The number of aromatic nitrogens is 1. The van der Waals surface area contributed by atoms with Gasteiger partial charge in [-0.1, -0.05) is 26.0 Å². The number of Topliss-reactive ketones (excluding diaryl/α,β-unsaturated/α-hetero) is 1. The number of nitrogens with one attached hydrogen (secondary N) is 1. The first-order valence-corrected chi connectivity index (χ1v) is 7.44. The fourth-order valence-corrected chi connectivity index (χ4v) is 1.94. The molecule has 0 saturated heterocycles. The molecule has 1 N–H and O–H groups in total. The summed E-state index contributed by atoms with van der Waals surface area (Å²) in [6, 6.07) is 9.97. The second-order valence-corrected chi connectivity index (χ2v) is 4.59. The third kappa shape index (κ3) is 4.99. The molecule has 2 rings (SSSR count). The number of pyridine rings is 1. The molecular weight excluding hydrogens is 309 g/mol. The van der Waals surface area contributed by atoms with Crippen LogP contribution in [0.25, 0.3) is 0 Å². The Morgan fingerprint density at radius 2 is 1.83 bits per heavy atom. The summed E-state index contributed by atoms with van der Waals surface area (Å²) in [5, 5.41) is 11.7. The zero-order valence-corrected chi connectivity index (χ0v) is 13.7. The number of hydrogen-bond donors (Lipinski definition) is 1. The zero-order valence-electron chi connectivity index (χ0n) is 13.7. The quantitative estimate of drug-likeness (QED) is 0.868. The van der Waals surface area contributed by atoms with Crippen LogP contribution in [0.1, 0.15) is 42.6 Å². The number of nitrogens with zero attached hydrogens (tertiary/aromatic N) is 2. The number of carbonyl (C=O) groups excluding carboxylic acids is 2. The molecule has 1 aromatic heterocycles. The van der Waals surface area contributed by atoms with Crippen LogP contribution in [-0.4, -0.2) is 16.7 Å². The van der Waals surface area contributed by atoms with Crippen molar-refractivity contribution < 1.29 is 14.0 Å². The SMILES string of the molecule is CC.CC(=O)Nc1cc(C(=O)C(C#N)c2ccc(F)cc2)ccn1. The van der Waals surface area contributed by atoms with Crippen molar-refractivity contribution in [2.45, 2.75) is 26.7 Å². The molecule has 0 bridgehead atoms. The Bertz CT molecular complexity index is 752. The van der Waals surface area contributed by atoms with Gasteiger partial charge in [0.25, 0.3) is 0 Å². The van der Waals surface area contributed by atoms with Crippen LogP contribution in [0.15, 0.2) is 42.6 Å². The monoisotopic (exact) mass is 327 g/mol. The van der Waals surface area contributed by atoms with Crippen molar-refractivity contribution in [3.05, 3.63) is 59.5 Å². The van der Waals surface area contributed by atoms with E-state index in [2.05, 4.69) is 10.3 Å². The summed E-state index contributed by atoms with van der Waals surface area (Å²) in [4.78, 5) is 27.4. The van der Waals surface area contributed by atoms with Gasteiger partial charge in [0, 0.05) is 18.7 Å². The van der Waals surface area contributed by atoms with E-state index < -0.39 is 17.5 Å². The van der Waals surface area contributed by atoms with E-state index in [1.807, 2.05) is 19.9 Å². The number of rotatable bonds is 4. The second-order valence-electron chi connectivity index (χ2n) is 4.59. The summed E-state index contributed by atoms with van der Waals surface area (Å²) in [6.07, 6.45) is 1.37. The first kappa shape index (κ1) is 19.0. The standard InChI is InChI=1S/C16H12FN3O2.C2H6/c1-10(21)20-15-8-12(6-7-19-15)16(22)14(9-18)11-2-4-13(17)5-3-11;1-2/h2-8,14H,1H3,(H,19,20,21);1-2H3. The maximum Gasteiger partial charge on any atom is 0.222 e. The largest absolute Gasteiger partial charge is 0.311 e. The second kappa shape index (κ2) is 9.16. The smallest absolute Gasteiger partial charge is 0.222 e. The Morgan fingerprint density at radius 3 is 2.38 bits per heavy atom. The highest BCUT2D eigenvalue weighted by atomic mass is 19.1. The average Bonchev–Trinajstić information content (AvgIpc) is 2.58. The molecule has 0 spiro atoms. The van der Waals surface area contributed by atoms with Crippen molar-refractivity contribution in [3.8, 4) is 6.07 Å². The predicted molar refractivity (Wildman–Crippen MR) is 89.0 cm³/mol. The molecule has 0 aliphatic carbocycles. The van der Waals surface area contributed by atoms with Crippen molar-refractivity contribution in [2.75, 3.05) is 5.32 Å². The third-order valence-corrected chi connectivity index (χ3v) is 2.94. The molecule has 1 amide bonds. The Balaban J connectivity index is 0.00000139. The summed E-state index contributed by atoms with van der Waals surface area (Å²) in [6.45, 7) is 5.33. The van der Waals surface area contributed by atoms with Gasteiger partial charge in [-0.25, -0.2) is 9.37 Å². The van der Waals surface area contributed by atoms with Gasteiger partial charge in [-0.3, -0.25) is 9.59 Å². The highest BCUT2D eigenvalue weighted by molar-refractivity contribution is 6.03. The van der Waals surface area contributed by atoms with Gasteiger partial charge in [-0.05, 0) is 29.8 Å². The number of hydrogen-bond acceptors (Lipinski definition) is 4. The van der Waals surface area contributed by atoms with Crippen LogP contribution in [0.4, 0.5) is 10.2 Å². The van der Waals surface area contributed by atoms with Crippen LogP contribution in [-0.2, 0) is 4.79 Å². The Hall–Kier alpha value is -3.07. The van der Waals surface area contributed by atoms with Crippen molar-refractivity contribution in [1.29, 1.82) is 5.26 Å². The summed E-state index contributed by atoms with van der Waals surface area (Å²) in [7, 11) is 0. The predicted octanol–water partition coefficient (Wildman–Crippen LogP) is 3.70. The van der Waals surface area contributed by atoms with Gasteiger partial charge in [0.1, 0.15) is 17.6 Å². The number of anilines is 1. The number of benzene rings is 1. The van der Waals surface area contributed by atoms with Crippen LogP contribution in [0.5, 0.6) is 0 Å². The van der Waals surface area contributed by atoms with Gasteiger partial charge in [0.05, 0.1) is 6.07 Å². The van der Waals surface area contributed by atoms with Gasteiger partial charge >= 0.3 is 0 Å². The van der Waals surface area contributed by atoms with E-state index in [0.717, 1.165) is 0 Å². The Morgan fingerprint density at radius 1 is 1.21 bits per heavy atom. The van der Waals surface area contributed by atoms with Crippen molar-refractivity contribution in [2.24, 2.45) is 0 Å². The summed E-state index contributed by atoms with van der Waals surface area (Å²) in [5.41, 5.74) is 0.654. The Labute approximate surface area is 140 Å². The van der Waals surface area contributed by atoms with Crippen LogP contribution in [0.2, 0.25) is 0 Å². The van der Waals surface area contributed by atoms with E-state index in [1.54, 1.807) is 0 Å². The number of carbonyl (C=O) groups is 2. The molecule has 0 fully saturated rings. The van der Waals surface area contributed by atoms with E-state index in [-0.39, 0.29) is 17.3 Å². The highest BCUT2D eigenvalue weighted by Gasteiger charge is 2.22. The lowest BCUT2D eigenvalue weighted by Gasteiger charge is -2.09. The number of nitriles is 1. The lowest BCUT2D eigenvalue weighted by atomic mass is 9.92. The van der Waals surface area contributed by atoms with Crippen molar-refractivity contribution >= 4 is 17.5 Å². The first-order valence-electron chi connectivity index (χ1n) is 7.44.